The molecule has 1 heterocycles. The number of ether oxygens (including phenoxy) is 1. The van der Waals surface area contributed by atoms with Gasteiger partial charge in [-0.3, -0.25) is 0 Å². The van der Waals surface area contributed by atoms with Gasteiger partial charge in [0.05, 0.1) is 6.61 Å². The predicted octanol–water partition coefficient (Wildman–Crippen LogP) is 3.04. The third kappa shape index (κ3) is 3.19. The molecule has 2 aromatic rings. The first-order chi connectivity index (χ1) is 9.22. The summed E-state index contributed by atoms with van der Waals surface area (Å²) in [6.07, 6.45) is 3.35. The van der Waals surface area contributed by atoms with Crippen LogP contribution in [0.15, 0.2) is 30.6 Å². The maximum absolute atomic E-state index is 13.8. The third-order valence-corrected chi connectivity index (χ3v) is 2.71. The van der Waals surface area contributed by atoms with Gasteiger partial charge >= 0.3 is 0 Å². The Kier molecular flexibility index (Phi) is 4.28. The standard InChI is InChI=1S/C14H16FN3O/c1-2-3-8-19-11-6-4-10(5-7-11)13-12(15)14(16)18-9-17-13/h4-7,9H,2-3,8H2,1H3,(H2,16,17,18). The largest absolute Gasteiger partial charge is 0.494 e. The summed E-state index contributed by atoms with van der Waals surface area (Å²) in [5.74, 6) is 0.0232. The van der Waals surface area contributed by atoms with Gasteiger partial charge in [0.2, 0.25) is 0 Å². The van der Waals surface area contributed by atoms with Crippen LogP contribution in [-0.2, 0) is 0 Å². The number of unbranched alkanes of at least 4 members (excludes halogenated alkanes) is 1. The Morgan fingerprint density at radius 1 is 1.21 bits per heavy atom. The van der Waals surface area contributed by atoms with Crippen LogP contribution in [0.1, 0.15) is 19.8 Å². The molecule has 0 spiro atoms. The number of nitrogen functional groups attached to an aromatic ring is 1. The first kappa shape index (κ1) is 13.3. The lowest BCUT2D eigenvalue weighted by molar-refractivity contribution is 0.309. The van der Waals surface area contributed by atoms with Crippen molar-refractivity contribution in [3.63, 3.8) is 0 Å². The molecular weight excluding hydrogens is 245 g/mol. The van der Waals surface area contributed by atoms with Crippen molar-refractivity contribution in [1.82, 2.24) is 9.97 Å². The van der Waals surface area contributed by atoms with Crippen molar-refractivity contribution in [2.24, 2.45) is 0 Å². The van der Waals surface area contributed by atoms with Crippen LogP contribution in [-0.4, -0.2) is 16.6 Å². The fourth-order valence-corrected chi connectivity index (χ4v) is 1.63. The van der Waals surface area contributed by atoms with Crippen molar-refractivity contribution in [2.75, 3.05) is 12.3 Å². The summed E-state index contributed by atoms with van der Waals surface area (Å²) in [6, 6.07) is 7.10. The fraction of sp³-hybridized carbons (Fsp3) is 0.286. The highest BCUT2D eigenvalue weighted by Crippen LogP contribution is 2.24. The number of benzene rings is 1. The van der Waals surface area contributed by atoms with E-state index in [0.29, 0.717) is 12.2 Å². The smallest absolute Gasteiger partial charge is 0.191 e. The van der Waals surface area contributed by atoms with E-state index >= 15 is 0 Å². The SMILES string of the molecule is CCCCOc1ccc(-c2ncnc(N)c2F)cc1. The molecule has 2 N–H and O–H groups in total. The molecule has 0 saturated heterocycles. The molecule has 0 atom stereocenters. The average Bonchev–Trinajstić information content (AvgIpc) is 2.43. The van der Waals surface area contributed by atoms with E-state index in [2.05, 4.69) is 16.9 Å². The maximum Gasteiger partial charge on any atom is 0.191 e. The lowest BCUT2D eigenvalue weighted by atomic mass is 10.1. The van der Waals surface area contributed by atoms with Crippen LogP contribution in [0.3, 0.4) is 0 Å². The molecule has 100 valence electrons. The molecule has 4 nitrogen and oxygen atoms in total. The monoisotopic (exact) mass is 261 g/mol. The molecule has 0 amide bonds. The van der Waals surface area contributed by atoms with Crippen LogP contribution in [0.25, 0.3) is 11.3 Å². The van der Waals surface area contributed by atoms with Gasteiger partial charge in [-0.05, 0) is 30.7 Å². The number of halogens is 1. The Hall–Kier alpha value is -2.17. The quantitative estimate of drug-likeness (QED) is 0.840. The van der Waals surface area contributed by atoms with E-state index in [1.54, 1.807) is 24.3 Å². The van der Waals surface area contributed by atoms with Gasteiger partial charge in [-0.1, -0.05) is 13.3 Å². The highest BCUT2D eigenvalue weighted by atomic mass is 19.1. The molecule has 2 rings (SSSR count). The number of nitrogens with zero attached hydrogens (tertiary/aromatic N) is 2. The second-order valence-electron chi connectivity index (χ2n) is 4.15. The van der Waals surface area contributed by atoms with Crippen LogP contribution in [0.4, 0.5) is 10.2 Å². The molecule has 1 aromatic carbocycles. The highest BCUT2D eigenvalue weighted by molar-refractivity contribution is 5.63. The van der Waals surface area contributed by atoms with Gasteiger partial charge in [-0.15, -0.1) is 0 Å². The van der Waals surface area contributed by atoms with Crippen molar-refractivity contribution in [3.8, 4) is 17.0 Å². The van der Waals surface area contributed by atoms with E-state index in [0.717, 1.165) is 18.6 Å². The van der Waals surface area contributed by atoms with Crippen LogP contribution in [0.2, 0.25) is 0 Å². The molecule has 0 aliphatic carbocycles. The van der Waals surface area contributed by atoms with E-state index in [9.17, 15) is 4.39 Å². The molecule has 0 saturated carbocycles. The molecule has 0 aliphatic rings. The van der Waals surface area contributed by atoms with Crippen LogP contribution in [0, 0.1) is 5.82 Å². The summed E-state index contributed by atoms with van der Waals surface area (Å²) in [5.41, 5.74) is 6.27. The minimum absolute atomic E-state index is 0.145. The molecule has 19 heavy (non-hydrogen) atoms. The van der Waals surface area contributed by atoms with E-state index in [1.165, 1.54) is 6.33 Å². The van der Waals surface area contributed by atoms with Gasteiger partial charge in [0.1, 0.15) is 17.8 Å². The molecule has 5 heteroatoms. The first-order valence-electron chi connectivity index (χ1n) is 6.21. The van der Waals surface area contributed by atoms with E-state index < -0.39 is 5.82 Å². The van der Waals surface area contributed by atoms with Gasteiger partial charge in [0, 0.05) is 5.56 Å². The summed E-state index contributed by atoms with van der Waals surface area (Å²) < 4.78 is 19.3. The van der Waals surface area contributed by atoms with Crippen molar-refractivity contribution >= 4 is 5.82 Å². The fourth-order valence-electron chi connectivity index (χ4n) is 1.63. The highest BCUT2D eigenvalue weighted by Gasteiger charge is 2.10. The minimum atomic E-state index is -0.595. The summed E-state index contributed by atoms with van der Waals surface area (Å²) in [4.78, 5) is 7.51. The molecular formula is C14H16FN3O. The number of nitrogens with two attached hydrogens (primary N) is 1. The van der Waals surface area contributed by atoms with E-state index in [-0.39, 0.29) is 11.5 Å². The Labute approximate surface area is 111 Å². The topological polar surface area (TPSA) is 61.0 Å². The van der Waals surface area contributed by atoms with Crippen molar-refractivity contribution in [3.05, 3.63) is 36.4 Å². The summed E-state index contributed by atoms with van der Waals surface area (Å²) in [6.45, 7) is 2.79. The van der Waals surface area contributed by atoms with E-state index in [4.69, 9.17) is 10.5 Å². The zero-order valence-corrected chi connectivity index (χ0v) is 10.8. The van der Waals surface area contributed by atoms with Gasteiger partial charge in [0.25, 0.3) is 0 Å². The van der Waals surface area contributed by atoms with Gasteiger partial charge in [0.15, 0.2) is 11.6 Å². The molecule has 0 unspecified atom stereocenters. The number of anilines is 1. The minimum Gasteiger partial charge on any atom is -0.494 e. The molecule has 0 bridgehead atoms. The number of rotatable bonds is 5. The number of aromatic nitrogens is 2. The molecule has 0 fully saturated rings. The van der Waals surface area contributed by atoms with Crippen LogP contribution >= 0.6 is 0 Å². The first-order valence-corrected chi connectivity index (χ1v) is 6.21. The molecule has 0 radical (unpaired) electrons. The molecule has 1 aromatic heterocycles. The maximum atomic E-state index is 13.8. The van der Waals surface area contributed by atoms with Crippen molar-refractivity contribution in [2.45, 2.75) is 19.8 Å². The number of hydrogen-bond donors (Lipinski definition) is 1. The van der Waals surface area contributed by atoms with Crippen LogP contribution in [0.5, 0.6) is 5.75 Å². The van der Waals surface area contributed by atoms with E-state index in [1.807, 2.05) is 0 Å². The zero-order chi connectivity index (χ0) is 13.7. The summed E-state index contributed by atoms with van der Waals surface area (Å²) in [5, 5.41) is 0. The summed E-state index contributed by atoms with van der Waals surface area (Å²) in [7, 11) is 0. The average molecular weight is 261 g/mol. The Morgan fingerprint density at radius 2 is 1.95 bits per heavy atom. The molecule has 0 aliphatic heterocycles. The summed E-state index contributed by atoms with van der Waals surface area (Å²) >= 11 is 0. The third-order valence-electron chi connectivity index (χ3n) is 2.71. The van der Waals surface area contributed by atoms with Gasteiger partial charge in [-0.25, -0.2) is 14.4 Å². The zero-order valence-electron chi connectivity index (χ0n) is 10.8. The lowest BCUT2D eigenvalue weighted by Crippen LogP contribution is -1.99. The predicted molar refractivity (Wildman–Crippen MR) is 72.2 cm³/mol. The Balaban J connectivity index is 2.16. The number of hydrogen-bond acceptors (Lipinski definition) is 4. The van der Waals surface area contributed by atoms with Gasteiger partial charge in [-0.2, -0.15) is 0 Å². The van der Waals surface area contributed by atoms with Crippen LogP contribution < -0.4 is 10.5 Å². The lowest BCUT2D eigenvalue weighted by Gasteiger charge is -2.07. The Morgan fingerprint density at radius 3 is 2.63 bits per heavy atom. The normalized spacial score (nSPS) is 10.4. The Bertz CT molecular complexity index is 543. The second kappa shape index (κ2) is 6.13. The van der Waals surface area contributed by atoms with Gasteiger partial charge < -0.3 is 10.5 Å². The van der Waals surface area contributed by atoms with Crippen molar-refractivity contribution < 1.29 is 9.13 Å². The van der Waals surface area contributed by atoms with Crippen molar-refractivity contribution in [1.29, 1.82) is 0 Å². The second-order valence-corrected chi connectivity index (χ2v) is 4.15.